The van der Waals surface area contributed by atoms with Crippen molar-refractivity contribution in [2.24, 2.45) is 0 Å². The normalized spacial score (nSPS) is 24.4. The Morgan fingerprint density at radius 3 is 1.43 bits per heavy atom. The maximum Gasteiger partial charge on any atom is 0.191 e. The second-order valence-electron chi connectivity index (χ2n) is 2.41. The molecule has 0 aromatic heterocycles. The Morgan fingerprint density at radius 1 is 0.857 bits per heavy atom. The molecule has 0 aliphatic heterocycles. The summed E-state index contributed by atoms with van der Waals surface area (Å²) in [6.45, 7) is 0. The molecule has 0 aromatic carbocycles. The molecular weight excluding hydrogens is 356 g/mol. The van der Waals surface area contributed by atoms with E-state index in [4.69, 9.17) is 92.8 Å². The molecule has 0 N–H and O–H groups in total. The van der Waals surface area contributed by atoms with Crippen LogP contribution in [0.3, 0.4) is 0 Å². The van der Waals surface area contributed by atoms with Gasteiger partial charge in [-0.2, -0.15) is 0 Å². The summed E-state index contributed by atoms with van der Waals surface area (Å²) in [5.74, 6) is 0. The number of hydrogen-bond donors (Lipinski definition) is 0. The Hall–Kier alpha value is 1.80. The van der Waals surface area contributed by atoms with Gasteiger partial charge in [0, 0.05) is 5.57 Å². The lowest BCUT2D eigenvalue weighted by atomic mass is 10.2. The van der Waals surface area contributed by atoms with Crippen LogP contribution in [0.2, 0.25) is 0 Å². The maximum absolute atomic E-state index is 5.87. The van der Waals surface area contributed by atoms with Gasteiger partial charge in [0.15, 0.2) is 8.67 Å². The molecule has 0 saturated heterocycles. The van der Waals surface area contributed by atoms with E-state index in [1.165, 1.54) is 0 Å². The number of alkyl halides is 4. The van der Waals surface area contributed by atoms with Crippen molar-refractivity contribution in [1.82, 2.24) is 0 Å². The zero-order chi connectivity index (χ0) is 11.3. The standard InChI is InChI=1S/C6Cl8/c7-2-1(4(9)10)5(11,12)6(13,14)3(2)8. The quantitative estimate of drug-likeness (QED) is 0.487. The van der Waals surface area contributed by atoms with Gasteiger partial charge in [0.05, 0.1) is 10.1 Å². The Balaban J connectivity index is 3.49. The van der Waals surface area contributed by atoms with Crippen LogP contribution in [0.25, 0.3) is 0 Å². The summed E-state index contributed by atoms with van der Waals surface area (Å²) in [6.07, 6.45) is 0. The van der Waals surface area contributed by atoms with Crippen LogP contribution >= 0.6 is 92.8 Å². The van der Waals surface area contributed by atoms with Gasteiger partial charge in [0.2, 0.25) is 0 Å². The van der Waals surface area contributed by atoms with Gasteiger partial charge in [-0.15, -0.1) is 0 Å². The highest BCUT2D eigenvalue weighted by molar-refractivity contribution is 6.72. The summed E-state index contributed by atoms with van der Waals surface area (Å²) in [5, 5.41) is -0.150. The molecule has 1 aliphatic rings. The fourth-order valence-corrected chi connectivity index (χ4v) is 3.49. The summed E-state index contributed by atoms with van der Waals surface area (Å²) in [7, 11) is 0. The molecular formula is C6Cl8. The van der Waals surface area contributed by atoms with E-state index in [-0.39, 0.29) is 20.1 Å². The molecule has 0 radical (unpaired) electrons. The minimum absolute atomic E-state index is 0.000772. The lowest BCUT2D eigenvalue weighted by Gasteiger charge is -2.26. The first-order valence-electron chi connectivity index (χ1n) is 3.01. The first kappa shape index (κ1) is 13.9. The summed E-state index contributed by atoms with van der Waals surface area (Å²) >= 11 is 46.0. The van der Waals surface area contributed by atoms with Gasteiger partial charge < -0.3 is 0 Å². The fourth-order valence-electron chi connectivity index (χ4n) is 0.882. The van der Waals surface area contributed by atoms with Crippen LogP contribution in [0.15, 0.2) is 20.1 Å². The van der Waals surface area contributed by atoms with Crippen molar-refractivity contribution in [3.63, 3.8) is 0 Å². The Morgan fingerprint density at radius 2 is 1.29 bits per heavy atom. The van der Waals surface area contributed by atoms with Crippen LogP contribution in [-0.4, -0.2) is 8.67 Å². The van der Waals surface area contributed by atoms with Crippen LogP contribution in [0.4, 0.5) is 0 Å². The molecule has 0 atom stereocenters. The molecule has 0 aromatic rings. The van der Waals surface area contributed by atoms with Gasteiger partial charge >= 0.3 is 0 Å². The molecule has 0 nitrogen and oxygen atoms in total. The first-order chi connectivity index (χ1) is 6.14. The van der Waals surface area contributed by atoms with Crippen molar-refractivity contribution in [3.8, 4) is 0 Å². The van der Waals surface area contributed by atoms with Crippen molar-refractivity contribution in [3.05, 3.63) is 20.1 Å². The van der Waals surface area contributed by atoms with Gasteiger partial charge in [-0.25, -0.2) is 0 Å². The number of rotatable bonds is 0. The van der Waals surface area contributed by atoms with Crippen molar-refractivity contribution in [2.45, 2.75) is 8.67 Å². The summed E-state index contributed by atoms with van der Waals surface area (Å²) < 4.78 is -3.77. The largest absolute Gasteiger partial charge is 0.191 e. The van der Waals surface area contributed by atoms with E-state index in [9.17, 15) is 0 Å². The van der Waals surface area contributed by atoms with Crippen LogP contribution in [0.5, 0.6) is 0 Å². The van der Waals surface area contributed by atoms with Gasteiger partial charge in [-0.3, -0.25) is 0 Å². The Bertz CT molecular complexity index is 332. The van der Waals surface area contributed by atoms with Crippen LogP contribution in [0, 0.1) is 0 Å². The molecule has 0 unspecified atom stereocenters. The molecule has 1 aliphatic carbocycles. The topological polar surface area (TPSA) is 0 Å². The summed E-state index contributed by atoms with van der Waals surface area (Å²) in [5.41, 5.74) is 0.000772. The third-order valence-corrected chi connectivity index (χ3v) is 5.38. The van der Waals surface area contributed by atoms with Crippen molar-refractivity contribution in [1.29, 1.82) is 0 Å². The van der Waals surface area contributed by atoms with Crippen molar-refractivity contribution < 1.29 is 0 Å². The molecule has 0 spiro atoms. The van der Waals surface area contributed by atoms with E-state index in [1.807, 2.05) is 0 Å². The predicted octanol–water partition coefficient (Wildman–Crippen LogP) is 5.73. The van der Waals surface area contributed by atoms with E-state index in [0.29, 0.717) is 0 Å². The minimum Gasteiger partial charge on any atom is -0.0923 e. The highest BCUT2D eigenvalue weighted by Gasteiger charge is 2.60. The van der Waals surface area contributed by atoms with Gasteiger partial charge in [-0.05, 0) is 0 Å². The Labute approximate surface area is 121 Å². The van der Waals surface area contributed by atoms with Crippen LogP contribution < -0.4 is 0 Å². The van der Waals surface area contributed by atoms with E-state index < -0.39 is 8.67 Å². The molecule has 1 rings (SSSR count). The van der Waals surface area contributed by atoms with Crippen LogP contribution in [-0.2, 0) is 0 Å². The van der Waals surface area contributed by atoms with E-state index in [1.54, 1.807) is 0 Å². The van der Waals surface area contributed by atoms with Gasteiger partial charge in [0.25, 0.3) is 0 Å². The molecule has 0 fully saturated rings. The second kappa shape index (κ2) is 4.23. The highest BCUT2D eigenvalue weighted by atomic mass is 35.5. The average molecular weight is 356 g/mol. The third kappa shape index (κ3) is 1.87. The van der Waals surface area contributed by atoms with Crippen molar-refractivity contribution >= 4 is 92.8 Å². The number of allylic oxidation sites excluding steroid dienone is 3. The SMILES string of the molecule is ClC(Cl)=C1C(Cl)=C(Cl)C(Cl)(Cl)C1(Cl)Cl. The molecule has 8 heteroatoms. The lowest BCUT2D eigenvalue weighted by molar-refractivity contribution is 0.905. The van der Waals surface area contributed by atoms with E-state index >= 15 is 0 Å². The van der Waals surface area contributed by atoms with Gasteiger partial charge in [0.1, 0.15) is 4.49 Å². The highest BCUT2D eigenvalue weighted by Crippen LogP contribution is 2.62. The number of hydrogen-bond acceptors (Lipinski definition) is 0. The molecule has 0 amide bonds. The first-order valence-corrected chi connectivity index (χ1v) is 6.04. The predicted molar refractivity (Wildman–Crippen MR) is 66.3 cm³/mol. The molecule has 0 saturated carbocycles. The van der Waals surface area contributed by atoms with E-state index in [0.717, 1.165) is 0 Å². The van der Waals surface area contributed by atoms with Crippen LogP contribution in [0.1, 0.15) is 0 Å². The minimum atomic E-state index is -1.77. The smallest absolute Gasteiger partial charge is 0.0923 e. The fraction of sp³-hybridized carbons (Fsp3) is 0.333. The van der Waals surface area contributed by atoms with Crippen molar-refractivity contribution in [2.75, 3.05) is 0 Å². The Kier molecular flexibility index (Phi) is 4.19. The third-order valence-electron chi connectivity index (χ3n) is 1.59. The maximum atomic E-state index is 5.87. The zero-order valence-electron chi connectivity index (χ0n) is 6.02. The zero-order valence-corrected chi connectivity index (χ0v) is 12.1. The van der Waals surface area contributed by atoms with Gasteiger partial charge in [-0.1, -0.05) is 92.8 Å². The second-order valence-corrected chi connectivity index (χ2v) is 6.77. The van der Waals surface area contributed by atoms with E-state index in [2.05, 4.69) is 0 Å². The monoisotopic (exact) mass is 352 g/mol. The average Bonchev–Trinajstić information content (AvgIpc) is 2.10. The number of halogens is 8. The summed E-state index contributed by atoms with van der Waals surface area (Å²) in [6, 6.07) is 0. The molecule has 0 bridgehead atoms. The molecule has 14 heavy (non-hydrogen) atoms. The lowest BCUT2D eigenvalue weighted by Crippen LogP contribution is -2.33. The summed E-state index contributed by atoms with van der Waals surface area (Å²) in [4.78, 5) is 0. The molecule has 80 valence electrons. The molecule has 0 heterocycles.